The second-order valence-corrected chi connectivity index (χ2v) is 10.1. The molecule has 1 aliphatic heterocycles. The second kappa shape index (κ2) is 9.27. The zero-order valence-corrected chi connectivity index (χ0v) is 17.9. The molecule has 1 amide bonds. The first kappa shape index (κ1) is 22.0. The summed E-state index contributed by atoms with van der Waals surface area (Å²) < 4.78 is 27.6. The Morgan fingerprint density at radius 1 is 1.33 bits per heavy atom. The smallest absolute Gasteiger partial charge is 0.243 e. The normalized spacial score (nSPS) is 20.3. The van der Waals surface area contributed by atoms with E-state index in [1.54, 1.807) is 12.1 Å². The zero-order valence-electron chi connectivity index (χ0n) is 15.5. The van der Waals surface area contributed by atoms with Gasteiger partial charge in [-0.2, -0.15) is 4.31 Å². The van der Waals surface area contributed by atoms with Gasteiger partial charge >= 0.3 is 0 Å². The summed E-state index contributed by atoms with van der Waals surface area (Å²) in [6.07, 6.45) is 1.40. The van der Waals surface area contributed by atoms with E-state index in [-0.39, 0.29) is 35.6 Å². The molecule has 0 spiro atoms. The predicted molar refractivity (Wildman–Crippen MR) is 107 cm³/mol. The van der Waals surface area contributed by atoms with Gasteiger partial charge in [0.25, 0.3) is 0 Å². The number of benzene rings is 1. The highest BCUT2D eigenvalue weighted by Gasteiger charge is 2.33. The predicted octanol–water partition coefficient (Wildman–Crippen LogP) is 1.66. The number of carbonyl (C=O) groups excluding carboxylic acids is 2. The topological polar surface area (TPSA) is 110 Å². The van der Waals surface area contributed by atoms with Crippen LogP contribution in [-0.4, -0.2) is 49.6 Å². The minimum atomic E-state index is -3.76. The lowest BCUT2D eigenvalue weighted by molar-refractivity contribution is -0.128. The molecule has 3 N–H and O–H groups in total. The van der Waals surface area contributed by atoms with E-state index in [0.29, 0.717) is 19.3 Å². The van der Waals surface area contributed by atoms with E-state index in [4.69, 9.17) is 5.73 Å². The Labute approximate surface area is 168 Å². The van der Waals surface area contributed by atoms with Gasteiger partial charge in [0.15, 0.2) is 5.78 Å². The number of Topliss-reactive ketones (excluding diaryl/α,β-unsaturated/α-hetero) is 1. The van der Waals surface area contributed by atoms with E-state index < -0.39 is 22.1 Å². The standard InChI is InChI=1S/C18H26BrN3O4S/c1-12(2)10-15(20)18(24)21-16-4-3-9-22(11-17(16)23)27(25,26)14-7-5-13(19)6-8-14/h5-8,12,15-16H,3-4,9-11,20H2,1-2H3,(H,21,24)/t15-,16?/m0/s1. The van der Waals surface area contributed by atoms with Crippen LogP contribution in [0.2, 0.25) is 0 Å². The van der Waals surface area contributed by atoms with Crippen molar-refractivity contribution in [3.05, 3.63) is 28.7 Å². The van der Waals surface area contributed by atoms with E-state index in [2.05, 4.69) is 21.2 Å². The molecule has 1 saturated heterocycles. The maximum absolute atomic E-state index is 12.8. The van der Waals surface area contributed by atoms with Gasteiger partial charge in [-0.3, -0.25) is 9.59 Å². The van der Waals surface area contributed by atoms with Gasteiger partial charge in [0.1, 0.15) is 0 Å². The molecular formula is C18H26BrN3O4S. The molecular weight excluding hydrogens is 434 g/mol. The average molecular weight is 460 g/mol. The third kappa shape index (κ3) is 5.84. The number of nitrogens with zero attached hydrogens (tertiary/aromatic N) is 1. The van der Waals surface area contributed by atoms with Crippen molar-refractivity contribution in [3.63, 3.8) is 0 Å². The highest BCUT2D eigenvalue weighted by molar-refractivity contribution is 9.10. The molecule has 9 heteroatoms. The van der Waals surface area contributed by atoms with Crippen LogP contribution in [-0.2, 0) is 19.6 Å². The lowest BCUT2D eigenvalue weighted by atomic mass is 10.0. The third-order valence-corrected chi connectivity index (χ3v) is 6.84. The number of amides is 1. The van der Waals surface area contributed by atoms with Crippen LogP contribution in [0.5, 0.6) is 0 Å². The van der Waals surface area contributed by atoms with Crippen LogP contribution in [0, 0.1) is 5.92 Å². The van der Waals surface area contributed by atoms with Crippen LogP contribution >= 0.6 is 15.9 Å². The van der Waals surface area contributed by atoms with Crippen molar-refractivity contribution in [2.24, 2.45) is 11.7 Å². The lowest BCUT2D eigenvalue weighted by Crippen LogP contribution is -2.50. The van der Waals surface area contributed by atoms with Crippen LogP contribution in [0.4, 0.5) is 0 Å². The minimum absolute atomic E-state index is 0.139. The van der Waals surface area contributed by atoms with Crippen LogP contribution < -0.4 is 11.1 Å². The van der Waals surface area contributed by atoms with Crippen LogP contribution in [0.15, 0.2) is 33.6 Å². The van der Waals surface area contributed by atoms with Crippen molar-refractivity contribution in [2.75, 3.05) is 13.1 Å². The van der Waals surface area contributed by atoms with Gasteiger partial charge in [-0.25, -0.2) is 8.42 Å². The van der Waals surface area contributed by atoms with Crippen molar-refractivity contribution in [1.82, 2.24) is 9.62 Å². The molecule has 1 aromatic carbocycles. The molecule has 1 fully saturated rings. The van der Waals surface area contributed by atoms with E-state index >= 15 is 0 Å². The van der Waals surface area contributed by atoms with E-state index in [1.807, 2.05) is 13.8 Å². The number of rotatable bonds is 6. The summed E-state index contributed by atoms with van der Waals surface area (Å²) >= 11 is 3.27. The molecule has 2 atom stereocenters. The largest absolute Gasteiger partial charge is 0.345 e. The first-order chi connectivity index (χ1) is 12.6. The van der Waals surface area contributed by atoms with Crippen molar-refractivity contribution in [2.45, 2.75) is 50.1 Å². The van der Waals surface area contributed by atoms with E-state index in [0.717, 1.165) is 4.47 Å². The van der Waals surface area contributed by atoms with Gasteiger partial charge in [0, 0.05) is 11.0 Å². The summed E-state index contributed by atoms with van der Waals surface area (Å²) in [6, 6.07) is 4.90. The molecule has 0 radical (unpaired) electrons. The number of carbonyl (C=O) groups is 2. The molecule has 1 aromatic rings. The van der Waals surface area contributed by atoms with Crippen molar-refractivity contribution >= 4 is 37.6 Å². The fourth-order valence-corrected chi connectivity index (χ4v) is 4.71. The maximum Gasteiger partial charge on any atom is 0.243 e. The molecule has 1 unspecified atom stereocenters. The minimum Gasteiger partial charge on any atom is -0.345 e. The Morgan fingerprint density at radius 3 is 2.56 bits per heavy atom. The number of sulfonamides is 1. The molecule has 1 heterocycles. The van der Waals surface area contributed by atoms with Gasteiger partial charge in [0.05, 0.1) is 23.5 Å². The van der Waals surface area contributed by atoms with Crippen molar-refractivity contribution < 1.29 is 18.0 Å². The fourth-order valence-electron chi connectivity index (χ4n) is 3.00. The number of hydrogen-bond acceptors (Lipinski definition) is 5. The Morgan fingerprint density at radius 2 is 1.96 bits per heavy atom. The van der Waals surface area contributed by atoms with Crippen molar-refractivity contribution in [1.29, 1.82) is 0 Å². The Balaban J connectivity index is 2.07. The molecule has 0 bridgehead atoms. The second-order valence-electron chi connectivity index (χ2n) is 7.20. The van der Waals surface area contributed by atoms with E-state index in [1.165, 1.54) is 16.4 Å². The monoisotopic (exact) mass is 459 g/mol. The summed E-state index contributed by atoms with van der Waals surface area (Å²) in [4.78, 5) is 24.9. The van der Waals surface area contributed by atoms with Gasteiger partial charge in [-0.05, 0) is 49.4 Å². The first-order valence-corrected chi connectivity index (χ1v) is 11.2. The third-order valence-electron chi connectivity index (χ3n) is 4.45. The van der Waals surface area contributed by atoms with Crippen LogP contribution in [0.3, 0.4) is 0 Å². The summed E-state index contributed by atoms with van der Waals surface area (Å²) in [6.45, 7) is 3.90. The fraction of sp³-hybridized carbons (Fsp3) is 0.556. The molecule has 150 valence electrons. The van der Waals surface area contributed by atoms with Gasteiger partial charge in [-0.1, -0.05) is 29.8 Å². The molecule has 0 saturated carbocycles. The molecule has 2 rings (SSSR count). The van der Waals surface area contributed by atoms with Crippen LogP contribution in [0.1, 0.15) is 33.1 Å². The highest BCUT2D eigenvalue weighted by Crippen LogP contribution is 2.21. The Hall–Kier alpha value is -1.29. The summed E-state index contributed by atoms with van der Waals surface area (Å²) in [5.74, 6) is -0.424. The number of hydrogen-bond donors (Lipinski definition) is 2. The first-order valence-electron chi connectivity index (χ1n) is 8.95. The summed E-state index contributed by atoms with van der Waals surface area (Å²) in [5.41, 5.74) is 5.87. The quantitative estimate of drug-likeness (QED) is 0.671. The number of nitrogens with one attached hydrogen (secondary N) is 1. The molecule has 7 nitrogen and oxygen atoms in total. The Bertz CT molecular complexity index is 780. The lowest BCUT2D eigenvalue weighted by Gasteiger charge is -2.21. The zero-order chi connectivity index (χ0) is 20.2. The summed E-state index contributed by atoms with van der Waals surface area (Å²) in [7, 11) is -3.76. The highest BCUT2D eigenvalue weighted by atomic mass is 79.9. The number of ketones is 1. The van der Waals surface area contributed by atoms with Gasteiger partial charge in [-0.15, -0.1) is 0 Å². The van der Waals surface area contributed by atoms with Gasteiger partial charge < -0.3 is 11.1 Å². The molecule has 27 heavy (non-hydrogen) atoms. The van der Waals surface area contributed by atoms with Crippen LogP contribution in [0.25, 0.3) is 0 Å². The van der Waals surface area contributed by atoms with Crippen molar-refractivity contribution in [3.8, 4) is 0 Å². The SMILES string of the molecule is CC(C)C[C@H](N)C(=O)NC1CCCN(S(=O)(=O)c2ccc(Br)cc2)CC1=O. The Kier molecular flexibility index (Phi) is 7.55. The maximum atomic E-state index is 12.8. The number of nitrogens with two attached hydrogens (primary N) is 1. The van der Waals surface area contributed by atoms with E-state index in [9.17, 15) is 18.0 Å². The number of halogens is 1. The molecule has 0 aromatic heterocycles. The average Bonchev–Trinajstić information content (AvgIpc) is 2.77. The molecule has 1 aliphatic rings. The summed E-state index contributed by atoms with van der Waals surface area (Å²) in [5, 5.41) is 2.69. The molecule has 0 aliphatic carbocycles. The van der Waals surface area contributed by atoms with Gasteiger partial charge in [0.2, 0.25) is 15.9 Å².